The highest BCUT2D eigenvalue weighted by Crippen LogP contribution is 2.14. The number of amides is 2. The summed E-state index contributed by atoms with van der Waals surface area (Å²) in [5, 5.41) is 7.26. The van der Waals surface area contributed by atoms with E-state index in [1.807, 2.05) is 23.2 Å². The van der Waals surface area contributed by atoms with E-state index in [4.69, 9.17) is 0 Å². The van der Waals surface area contributed by atoms with E-state index in [1.54, 1.807) is 6.20 Å². The third kappa shape index (κ3) is 2.53. The van der Waals surface area contributed by atoms with Crippen molar-refractivity contribution in [1.29, 1.82) is 0 Å². The van der Waals surface area contributed by atoms with Crippen LogP contribution in [0.4, 0.5) is 4.79 Å². The highest BCUT2D eigenvalue weighted by Gasteiger charge is 2.15. The third-order valence-electron chi connectivity index (χ3n) is 3.38. The number of piperazine rings is 1. The quantitative estimate of drug-likeness (QED) is 0.742. The first-order valence-electron chi connectivity index (χ1n) is 6.49. The van der Waals surface area contributed by atoms with Crippen LogP contribution in [0, 0.1) is 0 Å². The Labute approximate surface area is 111 Å². The molecule has 0 spiro atoms. The largest absolute Gasteiger partial charge is 0.346 e. The van der Waals surface area contributed by atoms with Crippen molar-refractivity contribution in [2.75, 3.05) is 26.2 Å². The van der Waals surface area contributed by atoms with Gasteiger partial charge in [-0.2, -0.15) is 0 Å². The molecule has 2 amide bonds. The Bertz CT molecular complexity index is 573. The minimum Gasteiger partial charge on any atom is -0.346 e. The summed E-state index contributed by atoms with van der Waals surface area (Å²) in [5.74, 6) is 0. The van der Waals surface area contributed by atoms with Gasteiger partial charge in [0.25, 0.3) is 0 Å². The molecule has 2 aromatic heterocycles. The van der Waals surface area contributed by atoms with Crippen molar-refractivity contribution in [2.45, 2.75) is 6.54 Å². The van der Waals surface area contributed by atoms with Crippen molar-refractivity contribution in [3.8, 4) is 0 Å². The molecule has 1 fully saturated rings. The fraction of sp³-hybridized carbons (Fsp3) is 0.385. The van der Waals surface area contributed by atoms with Crippen LogP contribution in [0.2, 0.25) is 0 Å². The Morgan fingerprint density at radius 3 is 3.05 bits per heavy atom. The molecule has 1 saturated heterocycles. The van der Waals surface area contributed by atoms with Crippen molar-refractivity contribution in [2.24, 2.45) is 0 Å². The van der Waals surface area contributed by atoms with E-state index in [2.05, 4.69) is 20.6 Å². The van der Waals surface area contributed by atoms with Crippen molar-refractivity contribution < 1.29 is 4.79 Å². The molecule has 3 N–H and O–H groups in total. The molecule has 3 heterocycles. The molecule has 0 radical (unpaired) electrons. The number of fused-ring (bicyclic) bond motifs is 1. The topological polar surface area (TPSA) is 73.0 Å². The van der Waals surface area contributed by atoms with Gasteiger partial charge in [-0.25, -0.2) is 9.78 Å². The number of carbonyl (C=O) groups is 1. The van der Waals surface area contributed by atoms with Gasteiger partial charge in [0.2, 0.25) is 0 Å². The molecule has 19 heavy (non-hydrogen) atoms. The maximum atomic E-state index is 12.0. The zero-order valence-electron chi connectivity index (χ0n) is 10.6. The molecule has 2 aromatic rings. The van der Waals surface area contributed by atoms with Crippen molar-refractivity contribution in [3.63, 3.8) is 0 Å². The number of pyridine rings is 1. The standard InChI is InChI=1S/C13H17N5O/c19-13(18-7-5-14-6-8-18)17-9-10-1-3-15-12-11(10)2-4-16-12/h1-4,14H,5-9H2,(H,15,16)(H,17,19). The molecule has 0 atom stereocenters. The molecule has 0 bridgehead atoms. The molecule has 0 saturated carbocycles. The number of aromatic nitrogens is 2. The number of H-pyrrole nitrogens is 1. The summed E-state index contributed by atoms with van der Waals surface area (Å²) in [7, 11) is 0. The van der Waals surface area contributed by atoms with Gasteiger partial charge in [0.15, 0.2) is 0 Å². The number of hydrogen-bond acceptors (Lipinski definition) is 3. The molecule has 100 valence electrons. The van der Waals surface area contributed by atoms with Gasteiger partial charge < -0.3 is 20.5 Å². The minimum absolute atomic E-state index is 0.00185. The number of aromatic amines is 1. The summed E-state index contributed by atoms with van der Waals surface area (Å²) in [5.41, 5.74) is 1.93. The van der Waals surface area contributed by atoms with Crippen molar-refractivity contribution >= 4 is 17.1 Å². The lowest BCUT2D eigenvalue weighted by Crippen LogP contribution is -2.50. The molecule has 0 aromatic carbocycles. The van der Waals surface area contributed by atoms with E-state index in [0.29, 0.717) is 6.54 Å². The number of nitrogens with one attached hydrogen (secondary N) is 3. The van der Waals surface area contributed by atoms with Crippen LogP contribution in [0.1, 0.15) is 5.56 Å². The van der Waals surface area contributed by atoms with Gasteiger partial charge >= 0.3 is 6.03 Å². The molecular weight excluding hydrogens is 242 g/mol. The fourth-order valence-electron chi connectivity index (χ4n) is 2.32. The Kier molecular flexibility index (Phi) is 3.33. The van der Waals surface area contributed by atoms with E-state index >= 15 is 0 Å². The van der Waals surface area contributed by atoms with Gasteiger partial charge in [0.05, 0.1) is 0 Å². The highest BCUT2D eigenvalue weighted by molar-refractivity contribution is 5.80. The predicted octanol–water partition coefficient (Wildman–Crippen LogP) is 0.678. The second kappa shape index (κ2) is 5.27. The summed E-state index contributed by atoms with van der Waals surface area (Å²) in [6, 6.07) is 3.92. The number of rotatable bonds is 2. The number of hydrogen-bond donors (Lipinski definition) is 3. The SMILES string of the molecule is O=C(NCc1ccnc2[nH]ccc12)N1CCNCC1. The number of carbonyl (C=O) groups excluding carboxylic acids is 1. The van der Waals surface area contributed by atoms with Crippen molar-refractivity contribution in [1.82, 2.24) is 25.5 Å². The van der Waals surface area contributed by atoms with Crippen LogP contribution in [0.3, 0.4) is 0 Å². The van der Waals surface area contributed by atoms with Crippen LogP contribution in [-0.2, 0) is 6.54 Å². The van der Waals surface area contributed by atoms with Gasteiger partial charge in [0, 0.05) is 50.5 Å². The molecule has 3 rings (SSSR count). The Balaban J connectivity index is 1.65. The van der Waals surface area contributed by atoms with Crippen LogP contribution in [-0.4, -0.2) is 47.1 Å². The molecule has 6 heteroatoms. The number of nitrogens with zero attached hydrogens (tertiary/aromatic N) is 2. The summed E-state index contributed by atoms with van der Waals surface area (Å²) >= 11 is 0. The third-order valence-corrected chi connectivity index (χ3v) is 3.38. The van der Waals surface area contributed by atoms with Gasteiger partial charge in [-0.3, -0.25) is 0 Å². The number of urea groups is 1. The van der Waals surface area contributed by atoms with E-state index in [-0.39, 0.29) is 6.03 Å². The summed E-state index contributed by atoms with van der Waals surface area (Å²) in [4.78, 5) is 21.1. The minimum atomic E-state index is 0.00185. The van der Waals surface area contributed by atoms with Gasteiger partial charge in [-0.1, -0.05) is 0 Å². The smallest absolute Gasteiger partial charge is 0.317 e. The molecule has 0 aliphatic carbocycles. The molecule has 6 nitrogen and oxygen atoms in total. The summed E-state index contributed by atoms with van der Waals surface area (Å²) in [6.07, 6.45) is 3.62. The van der Waals surface area contributed by atoms with Crippen LogP contribution >= 0.6 is 0 Å². The normalized spacial score (nSPS) is 15.7. The first kappa shape index (κ1) is 12.0. The van der Waals surface area contributed by atoms with Crippen LogP contribution < -0.4 is 10.6 Å². The molecule has 1 aliphatic rings. The average molecular weight is 259 g/mol. The highest BCUT2D eigenvalue weighted by atomic mass is 16.2. The fourth-order valence-corrected chi connectivity index (χ4v) is 2.32. The lowest BCUT2D eigenvalue weighted by atomic mass is 10.2. The van der Waals surface area contributed by atoms with Gasteiger partial charge in [0.1, 0.15) is 5.65 Å². The zero-order chi connectivity index (χ0) is 13.1. The first-order valence-corrected chi connectivity index (χ1v) is 6.49. The Hall–Kier alpha value is -2.08. The van der Waals surface area contributed by atoms with E-state index < -0.39 is 0 Å². The second-order valence-corrected chi connectivity index (χ2v) is 4.61. The second-order valence-electron chi connectivity index (χ2n) is 4.61. The lowest BCUT2D eigenvalue weighted by molar-refractivity contribution is 0.190. The molecule has 1 aliphatic heterocycles. The molecule has 0 unspecified atom stereocenters. The monoisotopic (exact) mass is 259 g/mol. The molecular formula is C13H17N5O. The van der Waals surface area contributed by atoms with E-state index in [9.17, 15) is 4.79 Å². The van der Waals surface area contributed by atoms with Crippen molar-refractivity contribution in [3.05, 3.63) is 30.1 Å². The maximum Gasteiger partial charge on any atom is 0.317 e. The van der Waals surface area contributed by atoms with Gasteiger partial charge in [-0.05, 0) is 17.7 Å². The average Bonchev–Trinajstić information content (AvgIpc) is 2.94. The Morgan fingerprint density at radius 1 is 1.37 bits per heavy atom. The lowest BCUT2D eigenvalue weighted by Gasteiger charge is -2.27. The van der Waals surface area contributed by atoms with Crippen LogP contribution in [0.5, 0.6) is 0 Å². The van der Waals surface area contributed by atoms with Gasteiger partial charge in [-0.15, -0.1) is 0 Å². The summed E-state index contributed by atoms with van der Waals surface area (Å²) in [6.45, 7) is 3.79. The maximum absolute atomic E-state index is 12.0. The van der Waals surface area contributed by atoms with Crippen LogP contribution in [0.25, 0.3) is 11.0 Å². The Morgan fingerprint density at radius 2 is 2.21 bits per heavy atom. The van der Waals surface area contributed by atoms with E-state index in [0.717, 1.165) is 42.8 Å². The zero-order valence-corrected chi connectivity index (χ0v) is 10.6. The predicted molar refractivity (Wildman–Crippen MR) is 72.8 cm³/mol. The first-order chi connectivity index (χ1) is 9.34. The van der Waals surface area contributed by atoms with E-state index in [1.165, 1.54) is 0 Å². The summed E-state index contributed by atoms with van der Waals surface area (Å²) < 4.78 is 0. The van der Waals surface area contributed by atoms with Crippen LogP contribution in [0.15, 0.2) is 24.5 Å².